The van der Waals surface area contributed by atoms with Crippen LogP contribution in [0.5, 0.6) is 0 Å². The van der Waals surface area contributed by atoms with Crippen LogP contribution in [0.25, 0.3) is 0 Å². The van der Waals surface area contributed by atoms with Crippen LogP contribution in [0.4, 0.5) is 8.78 Å². The van der Waals surface area contributed by atoms with E-state index in [-0.39, 0.29) is 10.4 Å². The maximum atomic E-state index is 11.8. The lowest BCUT2D eigenvalue weighted by atomic mass is 10.5. The van der Waals surface area contributed by atoms with Gasteiger partial charge in [-0.25, -0.2) is 0 Å². The SMILES string of the molecule is NC(=O)c1cn(C(F)F)nn1. The van der Waals surface area contributed by atoms with Crippen molar-refractivity contribution >= 4 is 5.91 Å². The van der Waals surface area contributed by atoms with Crippen molar-refractivity contribution in [1.82, 2.24) is 15.0 Å². The van der Waals surface area contributed by atoms with Crippen molar-refractivity contribution in [3.8, 4) is 0 Å². The van der Waals surface area contributed by atoms with Crippen molar-refractivity contribution in [2.24, 2.45) is 5.73 Å². The van der Waals surface area contributed by atoms with Gasteiger partial charge in [0.2, 0.25) is 0 Å². The Balaban J connectivity index is 2.90. The first-order valence-corrected chi connectivity index (χ1v) is 2.61. The molecule has 0 saturated carbocycles. The van der Waals surface area contributed by atoms with Crippen molar-refractivity contribution in [2.75, 3.05) is 0 Å². The maximum Gasteiger partial charge on any atom is 0.334 e. The molecule has 1 aromatic rings. The lowest BCUT2D eigenvalue weighted by Crippen LogP contribution is -2.11. The molecule has 5 nitrogen and oxygen atoms in total. The van der Waals surface area contributed by atoms with Crippen molar-refractivity contribution in [1.29, 1.82) is 0 Å². The van der Waals surface area contributed by atoms with Crippen molar-refractivity contribution in [2.45, 2.75) is 6.55 Å². The number of nitrogens with two attached hydrogens (primary N) is 1. The average molecular weight is 162 g/mol. The third-order valence-electron chi connectivity index (χ3n) is 0.963. The van der Waals surface area contributed by atoms with E-state index in [9.17, 15) is 13.6 Å². The summed E-state index contributed by atoms with van der Waals surface area (Å²) in [7, 11) is 0. The average Bonchev–Trinajstić information content (AvgIpc) is 2.33. The molecular weight excluding hydrogens is 158 g/mol. The molecule has 0 aromatic carbocycles. The summed E-state index contributed by atoms with van der Waals surface area (Å²) in [5.74, 6) is -0.878. The third-order valence-corrected chi connectivity index (χ3v) is 0.963. The molecule has 0 aliphatic heterocycles. The van der Waals surface area contributed by atoms with Crippen molar-refractivity contribution < 1.29 is 13.6 Å². The van der Waals surface area contributed by atoms with E-state index in [0.717, 1.165) is 6.20 Å². The van der Waals surface area contributed by atoms with Gasteiger partial charge in [0.05, 0.1) is 6.20 Å². The fraction of sp³-hybridized carbons (Fsp3) is 0.250. The van der Waals surface area contributed by atoms with E-state index in [1.807, 2.05) is 0 Å². The molecule has 2 N–H and O–H groups in total. The summed E-state index contributed by atoms with van der Waals surface area (Å²) in [6.45, 7) is -2.80. The summed E-state index contributed by atoms with van der Waals surface area (Å²) in [5.41, 5.74) is 4.45. The van der Waals surface area contributed by atoms with Gasteiger partial charge in [0, 0.05) is 0 Å². The fourth-order valence-corrected chi connectivity index (χ4v) is 0.485. The van der Waals surface area contributed by atoms with Gasteiger partial charge in [-0.3, -0.25) is 4.79 Å². The van der Waals surface area contributed by atoms with E-state index < -0.39 is 12.5 Å². The zero-order chi connectivity index (χ0) is 8.43. The Bertz CT molecular complexity index is 271. The lowest BCUT2D eigenvalue weighted by Gasteiger charge is -1.92. The van der Waals surface area contributed by atoms with Gasteiger partial charge in [0.25, 0.3) is 5.91 Å². The molecule has 0 fully saturated rings. The molecule has 11 heavy (non-hydrogen) atoms. The first-order chi connectivity index (χ1) is 5.11. The Morgan fingerprint density at radius 1 is 1.73 bits per heavy atom. The van der Waals surface area contributed by atoms with E-state index in [2.05, 4.69) is 10.3 Å². The number of carbonyl (C=O) groups excluding carboxylic acids is 1. The van der Waals surface area contributed by atoms with Crippen LogP contribution < -0.4 is 5.73 Å². The Hall–Kier alpha value is -1.53. The molecule has 0 aliphatic rings. The summed E-state index contributed by atoms with van der Waals surface area (Å²) in [6, 6.07) is 0. The number of primary amides is 1. The van der Waals surface area contributed by atoms with Crippen LogP contribution in [0.3, 0.4) is 0 Å². The molecule has 7 heteroatoms. The molecule has 60 valence electrons. The summed E-state index contributed by atoms with van der Waals surface area (Å²) < 4.78 is 23.8. The highest BCUT2D eigenvalue weighted by molar-refractivity contribution is 5.90. The number of aromatic nitrogens is 3. The zero-order valence-electron chi connectivity index (χ0n) is 5.24. The van der Waals surface area contributed by atoms with Crippen LogP contribution in [0, 0.1) is 0 Å². The maximum absolute atomic E-state index is 11.8. The molecule has 0 bridgehead atoms. The predicted octanol–water partition coefficient (Wildman–Crippen LogP) is -0.228. The van der Waals surface area contributed by atoms with Gasteiger partial charge >= 0.3 is 6.55 Å². The number of hydrogen-bond acceptors (Lipinski definition) is 3. The van der Waals surface area contributed by atoms with Crippen LogP contribution in [0.2, 0.25) is 0 Å². The largest absolute Gasteiger partial charge is 0.364 e. The van der Waals surface area contributed by atoms with Crippen molar-refractivity contribution in [3.63, 3.8) is 0 Å². The first kappa shape index (κ1) is 7.58. The number of carbonyl (C=O) groups is 1. The highest BCUT2D eigenvalue weighted by atomic mass is 19.3. The number of hydrogen-bond donors (Lipinski definition) is 1. The van der Waals surface area contributed by atoms with E-state index in [1.165, 1.54) is 0 Å². The van der Waals surface area contributed by atoms with Gasteiger partial charge in [-0.15, -0.1) is 5.10 Å². The number of nitrogens with zero attached hydrogens (tertiary/aromatic N) is 3. The van der Waals surface area contributed by atoms with E-state index in [1.54, 1.807) is 0 Å². The Morgan fingerprint density at radius 2 is 2.36 bits per heavy atom. The smallest absolute Gasteiger partial charge is 0.334 e. The van der Waals surface area contributed by atoms with Crippen LogP contribution >= 0.6 is 0 Å². The number of amides is 1. The highest BCUT2D eigenvalue weighted by Crippen LogP contribution is 2.06. The van der Waals surface area contributed by atoms with E-state index in [4.69, 9.17) is 5.73 Å². The Labute approximate surface area is 59.8 Å². The summed E-state index contributed by atoms with van der Waals surface area (Å²) >= 11 is 0. The Morgan fingerprint density at radius 3 is 2.64 bits per heavy atom. The number of rotatable bonds is 2. The molecule has 0 radical (unpaired) electrons. The second-order valence-electron chi connectivity index (χ2n) is 1.73. The second-order valence-corrected chi connectivity index (χ2v) is 1.73. The molecular formula is C4H4F2N4O. The molecule has 0 unspecified atom stereocenters. The van der Waals surface area contributed by atoms with Gasteiger partial charge in [0.1, 0.15) is 0 Å². The Kier molecular flexibility index (Phi) is 1.79. The van der Waals surface area contributed by atoms with Crippen LogP contribution in [0.15, 0.2) is 6.20 Å². The molecule has 0 aliphatic carbocycles. The molecule has 1 amide bonds. The molecule has 1 heterocycles. The van der Waals surface area contributed by atoms with Crippen molar-refractivity contribution in [3.05, 3.63) is 11.9 Å². The van der Waals surface area contributed by atoms with Gasteiger partial charge in [-0.1, -0.05) is 5.21 Å². The van der Waals surface area contributed by atoms with E-state index >= 15 is 0 Å². The zero-order valence-corrected chi connectivity index (χ0v) is 5.24. The summed E-state index contributed by atoms with van der Waals surface area (Å²) in [5, 5.41) is 6.05. The van der Waals surface area contributed by atoms with Gasteiger partial charge in [0.15, 0.2) is 5.69 Å². The van der Waals surface area contributed by atoms with E-state index in [0.29, 0.717) is 0 Å². The molecule has 0 atom stereocenters. The van der Waals surface area contributed by atoms with Gasteiger partial charge in [-0.05, 0) is 0 Å². The second kappa shape index (κ2) is 2.60. The summed E-state index contributed by atoms with van der Waals surface area (Å²) in [4.78, 5) is 10.3. The summed E-state index contributed by atoms with van der Waals surface area (Å²) in [6.07, 6.45) is 0.785. The highest BCUT2D eigenvalue weighted by Gasteiger charge is 2.11. The third kappa shape index (κ3) is 1.48. The normalized spacial score (nSPS) is 10.5. The first-order valence-electron chi connectivity index (χ1n) is 2.61. The van der Waals surface area contributed by atoms with Crippen LogP contribution in [-0.2, 0) is 0 Å². The number of alkyl halides is 2. The topological polar surface area (TPSA) is 73.8 Å². The minimum absolute atomic E-state index is 0.250. The van der Waals surface area contributed by atoms with Crippen LogP contribution in [-0.4, -0.2) is 20.9 Å². The molecule has 0 saturated heterocycles. The monoisotopic (exact) mass is 162 g/mol. The number of halogens is 2. The van der Waals surface area contributed by atoms with Gasteiger partial charge in [-0.2, -0.15) is 13.5 Å². The standard InChI is InChI=1S/C4H4F2N4O/c5-4(6)10-1-2(3(7)11)8-9-10/h1,4H,(H2,7,11). The molecule has 0 spiro atoms. The minimum atomic E-state index is -2.80. The molecule has 1 rings (SSSR count). The van der Waals surface area contributed by atoms with Crippen LogP contribution in [0.1, 0.15) is 17.0 Å². The van der Waals surface area contributed by atoms with Gasteiger partial charge < -0.3 is 5.73 Å². The quantitative estimate of drug-likeness (QED) is 0.652. The molecule has 1 aromatic heterocycles. The fourth-order valence-electron chi connectivity index (χ4n) is 0.485. The minimum Gasteiger partial charge on any atom is -0.364 e. The predicted molar refractivity (Wildman–Crippen MR) is 29.8 cm³/mol. The lowest BCUT2D eigenvalue weighted by molar-refractivity contribution is 0.0546.